The van der Waals surface area contributed by atoms with Crippen LogP contribution in [0.3, 0.4) is 0 Å². The van der Waals surface area contributed by atoms with Gasteiger partial charge in [0.1, 0.15) is 0 Å². The van der Waals surface area contributed by atoms with Gasteiger partial charge in [-0.2, -0.15) is 0 Å². The molecule has 0 fully saturated rings. The van der Waals surface area contributed by atoms with Gasteiger partial charge in [-0.15, -0.1) is 0 Å². The first-order chi connectivity index (χ1) is 6.50. The number of hydrogen-bond acceptors (Lipinski definition) is 0. The Morgan fingerprint density at radius 1 is 0.385 bits per heavy atom. The predicted molar refractivity (Wildman–Crippen MR) is 59.8 cm³/mol. The Bertz CT molecular complexity index is 137. The summed E-state index contributed by atoms with van der Waals surface area (Å²) in [4.78, 5) is 0. The van der Waals surface area contributed by atoms with Crippen LogP contribution >= 0.6 is 0 Å². The average molecular weight is 178 g/mol. The lowest BCUT2D eigenvalue weighted by Crippen LogP contribution is -1.80. The Balaban J connectivity index is 0.000000145. The van der Waals surface area contributed by atoms with Gasteiger partial charge in [-0.3, -0.25) is 0 Å². The van der Waals surface area contributed by atoms with Crippen LogP contribution in [0.5, 0.6) is 0 Å². The van der Waals surface area contributed by atoms with E-state index in [2.05, 4.69) is 24.3 Å². The third kappa shape index (κ3) is 6.62. The normalized spacial score (nSPS) is 21.5. The molecule has 0 nitrogen and oxygen atoms in total. The molecule has 74 valence electrons. The minimum Gasteiger partial charge on any atom is -0.0885 e. The van der Waals surface area contributed by atoms with Gasteiger partial charge in [-0.05, 0) is 44.9 Å². The molecule has 0 heteroatoms. The second-order valence-electron chi connectivity index (χ2n) is 3.87. The van der Waals surface area contributed by atoms with E-state index in [1.165, 1.54) is 57.8 Å². The van der Waals surface area contributed by atoms with Crippen molar-refractivity contribution in [1.29, 1.82) is 0 Å². The van der Waals surface area contributed by atoms with E-state index < -0.39 is 0 Å². The van der Waals surface area contributed by atoms with Crippen molar-refractivity contribution < 1.29 is 0 Å². The van der Waals surface area contributed by atoms with Gasteiger partial charge in [0.25, 0.3) is 0 Å². The average Bonchev–Trinajstić information content (AvgIpc) is 2.58. The van der Waals surface area contributed by atoms with E-state index in [9.17, 15) is 0 Å². The molecule has 0 bridgehead atoms. The van der Waals surface area contributed by atoms with Gasteiger partial charge in [0.15, 0.2) is 0 Å². The van der Waals surface area contributed by atoms with Gasteiger partial charge < -0.3 is 0 Å². The quantitative estimate of drug-likeness (QED) is 0.475. The lowest BCUT2D eigenvalue weighted by Gasteiger charge is -2.00. The van der Waals surface area contributed by atoms with E-state index >= 15 is 0 Å². The zero-order valence-electron chi connectivity index (χ0n) is 8.67. The first kappa shape index (κ1) is 10.6. The maximum absolute atomic E-state index is 2.32. The molecule has 0 unspecified atom stereocenters. The molecule has 0 saturated carbocycles. The van der Waals surface area contributed by atoms with E-state index in [0.29, 0.717) is 0 Å². The fourth-order valence-electron chi connectivity index (χ4n) is 1.70. The molecule has 0 saturated heterocycles. The summed E-state index contributed by atoms with van der Waals surface area (Å²) >= 11 is 0. The van der Waals surface area contributed by atoms with Crippen LogP contribution in [0.1, 0.15) is 57.8 Å². The summed E-state index contributed by atoms with van der Waals surface area (Å²) < 4.78 is 0. The molecule has 0 atom stereocenters. The Morgan fingerprint density at radius 2 is 0.769 bits per heavy atom. The summed E-state index contributed by atoms with van der Waals surface area (Å²) in [6.07, 6.45) is 21.5. The van der Waals surface area contributed by atoms with Gasteiger partial charge in [-0.25, -0.2) is 0 Å². The number of allylic oxidation sites excluding steroid dienone is 4. The van der Waals surface area contributed by atoms with Crippen LogP contribution in [-0.4, -0.2) is 0 Å². The summed E-state index contributed by atoms with van der Waals surface area (Å²) in [7, 11) is 0. The second kappa shape index (κ2) is 8.10. The maximum Gasteiger partial charge on any atom is -0.0348 e. The molecule has 0 aromatic heterocycles. The molecule has 0 heterocycles. The van der Waals surface area contributed by atoms with Gasteiger partial charge in [0, 0.05) is 0 Å². The molecular formula is C13H22. The van der Waals surface area contributed by atoms with Gasteiger partial charge in [0.05, 0.1) is 0 Å². The maximum atomic E-state index is 2.32. The molecule has 0 N–H and O–H groups in total. The number of rotatable bonds is 0. The highest BCUT2D eigenvalue weighted by Gasteiger charge is 1.90. The third-order valence-corrected chi connectivity index (χ3v) is 2.57. The molecule has 2 aliphatic carbocycles. The van der Waals surface area contributed by atoms with Crippen molar-refractivity contribution in [3.8, 4) is 0 Å². The summed E-state index contributed by atoms with van der Waals surface area (Å²) in [5.74, 6) is 0. The summed E-state index contributed by atoms with van der Waals surface area (Å²) in [6.45, 7) is 0. The fraction of sp³-hybridized carbons (Fsp3) is 0.692. The van der Waals surface area contributed by atoms with Crippen LogP contribution in [0.15, 0.2) is 24.3 Å². The molecule has 0 aromatic rings. The second-order valence-corrected chi connectivity index (χ2v) is 3.87. The third-order valence-electron chi connectivity index (χ3n) is 2.57. The zero-order valence-corrected chi connectivity index (χ0v) is 8.67. The topological polar surface area (TPSA) is 0 Å². The highest BCUT2D eigenvalue weighted by molar-refractivity contribution is 4.88. The molecule has 0 aromatic carbocycles. The number of hydrogen-bond donors (Lipinski definition) is 0. The lowest BCUT2D eigenvalue weighted by molar-refractivity contribution is 0.638. The Labute approximate surface area is 82.7 Å². The first-order valence-electron chi connectivity index (χ1n) is 5.80. The van der Waals surface area contributed by atoms with Crippen molar-refractivity contribution in [2.45, 2.75) is 57.8 Å². The summed E-state index contributed by atoms with van der Waals surface area (Å²) in [5.41, 5.74) is 0. The Kier molecular flexibility index (Phi) is 6.58. The molecule has 0 aliphatic heterocycles. The molecular weight excluding hydrogens is 156 g/mol. The van der Waals surface area contributed by atoms with Crippen molar-refractivity contribution >= 4 is 0 Å². The SMILES string of the molecule is C1=CCCC1.C1=CCCCCCC1. The first-order valence-corrected chi connectivity index (χ1v) is 5.80. The standard InChI is InChI=1S/C8H14.C5H8/c1-2-4-6-8-7-5-3-1;1-2-4-5-3-1/h1-2H,3-8H2;1-2H,3-5H2. The lowest BCUT2D eigenvalue weighted by atomic mass is 10.1. The van der Waals surface area contributed by atoms with E-state index in [4.69, 9.17) is 0 Å². The molecule has 2 aliphatic rings. The highest BCUT2D eigenvalue weighted by Crippen LogP contribution is 2.09. The van der Waals surface area contributed by atoms with Crippen LogP contribution in [0.25, 0.3) is 0 Å². The Hall–Kier alpha value is -0.520. The van der Waals surface area contributed by atoms with E-state index in [0.717, 1.165) is 0 Å². The largest absolute Gasteiger partial charge is 0.0885 e. The van der Waals surface area contributed by atoms with Gasteiger partial charge >= 0.3 is 0 Å². The minimum absolute atomic E-state index is 1.32. The van der Waals surface area contributed by atoms with E-state index in [1.54, 1.807) is 0 Å². The molecule has 0 spiro atoms. The van der Waals surface area contributed by atoms with Crippen molar-refractivity contribution in [3.05, 3.63) is 24.3 Å². The van der Waals surface area contributed by atoms with E-state index in [-0.39, 0.29) is 0 Å². The van der Waals surface area contributed by atoms with Gasteiger partial charge in [0.2, 0.25) is 0 Å². The molecule has 13 heavy (non-hydrogen) atoms. The fourth-order valence-corrected chi connectivity index (χ4v) is 1.70. The monoisotopic (exact) mass is 178 g/mol. The van der Waals surface area contributed by atoms with Crippen molar-refractivity contribution in [2.75, 3.05) is 0 Å². The predicted octanol–water partition coefficient (Wildman–Crippen LogP) is 4.62. The van der Waals surface area contributed by atoms with Crippen LogP contribution in [0, 0.1) is 0 Å². The summed E-state index contributed by atoms with van der Waals surface area (Å²) in [5, 5.41) is 0. The zero-order chi connectivity index (χ0) is 9.19. The van der Waals surface area contributed by atoms with Crippen LogP contribution in [0.2, 0.25) is 0 Å². The van der Waals surface area contributed by atoms with Crippen molar-refractivity contribution in [1.82, 2.24) is 0 Å². The van der Waals surface area contributed by atoms with Crippen LogP contribution in [0.4, 0.5) is 0 Å². The van der Waals surface area contributed by atoms with Crippen LogP contribution < -0.4 is 0 Å². The molecule has 0 amide bonds. The van der Waals surface area contributed by atoms with Crippen molar-refractivity contribution in [3.63, 3.8) is 0 Å². The van der Waals surface area contributed by atoms with Gasteiger partial charge in [-0.1, -0.05) is 37.1 Å². The minimum atomic E-state index is 1.32. The highest BCUT2D eigenvalue weighted by atomic mass is 14.0. The van der Waals surface area contributed by atoms with Crippen molar-refractivity contribution in [2.24, 2.45) is 0 Å². The smallest absolute Gasteiger partial charge is 0.0348 e. The molecule has 0 radical (unpaired) electrons. The molecule has 2 rings (SSSR count). The summed E-state index contributed by atoms with van der Waals surface area (Å²) in [6, 6.07) is 0. The van der Waals surface area contributed by atoms with Crippen LogP contribution in [-0.2, 0) is 0 Å². The Morgan fingerprint density at radius 3 is 1.08 bits per heavy atom. The van der Waals surface area contributed by atoms with E-state index in [1.807, 2.05) is 0 Å².